The molecule has 1 saturated carbocycles. The van der Waals surface area contributed by atoms with Gasteiger partial charge in [0.15, 0.2) is 0 Å². The smallest absolute Gasteiger partial charge is 0.235 e. The third-order valence-electron chi connectivity index (χ3n) is 5.82. The number of ether oxygens (including phenoxy) is 1. The lowest BCUT2D eigenvalue weighted by Crippen LogP contribution is -2.24. The summed E-state index contributed by atoms with van der Waals surface area (Å²) in [5, 5.41) is 10.8. The Morgan fingerprint density at radius 1 is 1.17 bits per heavy atom. The molecule has 0 atom stereocenters. The van der Waals surface area contributed by atoms with Gasteiger partial charge in [-0.3, -0.25) is 4.31 Å². The van der Waals surface area contributed by atoms with Gasteiger partial charge in [0, 0.05) is 24.5 Å². The van der Waals surface area contributed by atoms with Gasteiger partial charge < -0.3 is 9.30 Å². The number of fused-ring (bicyclic) bond motifs is 1. The van der Waals surface area contributed by atoms with E-state index in [4.69, 9.17) is 4.74 Å². The summed E-state index contributed by atoms with van der Waals surface area (Å²) in [5.41, 5.74) is 4.04. The number of nitrogens with zero attached hydrogens (tertiary/aromatic N) is 3. The molecule has 2 heterocycles. The van der Waals surface area contributed by atoms with Gasteiger partial charge in [0.2, 0.25) is 10.0 Å². The lowest BCUT2D eigenvalue weighted by atomic mass is 10.1. The SMILES string of the molecule is CCn1c(-c2ccc(N3CCCS3(=O)=O)cc2)c(C#N)c2ccc(OC3CC3)cc21. The number of nitriles is 1. The first kappa shape index (κ1) is 19.0. The number of rotatable bonds is 5. The van der Waals surface area contributed by atoms with Gasteiger partial charge >= 0.3 is 0 Å². The third kappa shape index (κ3) is 3.12. The predicted molar refractivity (Wildman–Crippen MR) is 117 cm³/mol. The molecule has 2 fully saturated rings. The number of hydrogen-bond donors (Lipinski definition) is 0. The van der Waals surface area contributed by atoms with Gasteiger partial charge in [0.05, 0.1) is 34.3 Å². The summed E-state index contributed by atoms with van der Waals surface area (Å²) < 4.78 is 34.0. The Morgan fingerprint density at radius 3 is 2.53 bits per heavy atom. The van der Waals surface area contributed by atoms with Crippen molar-refractivity contribution in [1.82, 2.24) is 4.57 Å². The molecule has 2 aliphatic rings. The monoisotopic (exact) mass is 421 g/mol. The lowest BCUT2D eigenvalue weighted by molar-refractivity contribution is 0.303. The minimum Gasteiger partial charge on any atom is -0.490 e. The first-order chi connectivity index (χ1) is 14.5. The third-order valence-corrected chi connectivity index (χ3v) is 7.69. The highest BCUT2D eigenvalue weighted by atomic mass is 32.2. The fourth-order valence-electron chi connectivity index (χ4n) is 4.24. The molecule has 3 aromatic rings. The molecule has 0 radical (unpaired) electrons. The molecule has 0 bridgehead atoms. The summed E-state index contributed by atoms with van der Waals surface area (Å²) >= 11 is 0. The zero-order valence-electron chi connectivity index (χ0n) is 16.8. The van der Waals surface area contributed by atoms with E-state index in [1.807, 2.05) is 42.5 Å². The Morgan fingerprint density at radius 2 is 1.93 bits per heavy atom. The lowest BCUT2D eigenvalue weighted by Gasteiger charge is -2.17. The molecular weight excluding hydrogens is 398 g/mol. The van der Waals surface area contributed by atoms with Crippen LogP contribution in [0, 0.1) is 11.3 Å². The first-order valence-electron chi connectivity index (χ1n) is 10.4. The summed E-state index contributed by atoms with van der Waals surface area (Å²) in [6.45, 7) is 3.29. The standard InChI is InChI=1S/C23H23N3O3S/c1-2-25-22-14-19(29-18-8-9-18)10-11-20(22)21(15-24)23(25)16-4-6-17(7-5-16)26-12-3-13-30(26,27)28/h4-7,10-11,14,18H,2-3,8-9,12-13H2,1H3. The van der Waals surface area contributed by atoms with Gasteiger partial charge in [-0.15, -0.1) is 0 Å². The van der Waals surface area contributed by atoms with Crippen LogP contribution >= 0.6 is 0 Å². The van der Waals surface area contributed by atoms with Crippen molar-refractivity contribution in [3.05, 3.63) is 48.0 Å². The highest BCUT2D eigenvalue weighted by molar-refractivity contribution is 7.93. The quantitative estimate of drug-likeness (QED) is 0.616. The Labute approximate surface area is 176 Å². The largest absolute Gasteiger partial charge is 0.490 e. The van der Waals surface area contributed by atoms with Crippen LogP contribution in [0.3, 0.4) is 0 Å². The van der Waals surface area contributed by atoms with Crippen LogP contribution in [0.25, 0.3) is 22.2 Å². The molecule has 1 aliphatic carbocycles. The van der Waals surface area contributed by atoms with Crippen molar-refractivity contribution in [2.45, 2.75) is 38.8 Å². The zero-order chi connectivity index (χ0) is 20.9. The van der Waals surface area contributed by atoms with Gasteiger partial charge in [0.1, 0.15) is 11.8 Å². The molecule has 1 aliphatic heterocycles. The van der Waals surface area contributed by atoms with Gasteiger partial charge in [0.25, 0.3) is 0 Å². The van der Waals surface area contributed by atoms with Crippen LogP contribution < -0.4 is 9.04 Å². The number of sulfonamides is 1. The minimum absolute atomic E-state index is 0.197. The second-order valence-electron chi connectivity index (χ2n) is 7.86. The molecule has 0 unspecified atom stereocenters. The van der Waals surface area contributed by atoms with Crippen molar-refractivity contribution in [1.29, 1.82) is 5.26 Å². The minimum atomic E-state index is -3.21. The van der Waals surface area contributed by atoms with Gasteiger partial charge in [-0.25, -0.2) is 8.42 Å². The van der Waals surface area contributed by atoms with Crippen molar-refractivity contribution in [2.75, 3.05) is 16.6 Å². The normalized spacial score (nSPS) is 17.9. The predicted octanol–water partition coefficient (Wildman–Crippen LogP) is 4.28. The average Bonchev–Trinajstić information content (AvgIpc) is 3.40. The summed E-state index contributed by atoms with van der Waals surface area (Å²) in [4.78, 5) is 0. The molecule has 6 nitrogen and oxygen atoms in total. The van der Waals surface area contributed by atoms with E-state index < -0.39 is 10.0 Å². The van der Waals surface area contributed by atoms with E-state index in [1.54, 1.807) is 0 Å². The average molecular weight is 422 g/mol. The van der Waals surface area contributed by atoms with Gasteiger partial charge in [-0.1, -0.05) is 12.1 Å². The summed E-state index contributed by atoms with van der Waals surface area (Å²) in [7, 11) is -3.21. The molecule has 7 heteroatoms. The number of aryl methyl sites for hydroxylation is 1. The highest BCUT2D eigenvalue weighted by Crippen LogP contribution is 2.37. The number of anilines is 1. The molecule has 30 heavy (non-hydrogen) atoms. The molecule has 0 amide bonds. The molecule has 2 aromatic carbocycles. The maximum absolute atomic E-state index is 12.2. The summed E-state index contributed by atoms with van der Waals surface area (Å²) in [6.07, 6.45) is 3.16. The number of aromatic nitrogens is 1. The second kappa shape index (κ2) is 7.06. The van der Waals surface area contributed by atoms with Crippen molar-refractivity contribution in [3.63, 3.8) is 0 Å². The Hall–Kier alpha value is -2.98. The first-order valence-corrected chi connectivity index (χ1v) is 12.0. The van der Waals surface area contributed by atoms with E-state index in [0.29, 0.717) is 36.9 Å². The van der Waals surface area contributed by atoms with Crippen LogP contribution in [0.15, 0.2) is 42.5 Å². The second-order valence-corrected chi connectivity index (χ2v) is 9.88. The molecular formula is C23H23N3O3S. The molecule has 5 rings (SSSR count). The number of benzene rings is 2. The zero-order valence-corrected chi connectivity index (χ0v) is 17.7. The molecule has 1 aromatic heterocycles. The van der Waals surface area contributed by atoms with Crippen LogP contribution in [0.2, 0.25) is 0 Å². The Balaban J connectivity index is 1.60. The molecule has 0 N–H and O–H groups in total. The molecule has 0 spiro atoms. The fourth-order valence-corrected chi connectivity index (χ4v) is 5.80. The summed E-state index contributed by atoms with van der Waals surface area (Å²) in [5.74, 6) is 1.03. The van der Waals surface area contributed by atoms with Crippen molar-refractivity contribution in [3.8, 4) is 23.1 Å². The van der Waals surface area contributed by atoms with Crippen LogP contribution in [-0.4, -0.2) is 31.4 Å². The Kier molecular flexibility index (Phi) is 4.48. The van der Waals surface area contributed by atoms with Crippen molar-refractivity contribution in [2.24, 2.45) is 0 Å². The van der Waals surface area contributed by atoms with Crippen molar-refractivity contribution >= 4 is 26.6 Å². The van der Waals surface area contributed by atoms with Crippen molar-refractivity contribution < 1.29 is 13.2 Å². The van der Waals surface area contributed by atoms with Crippen LogP contribution in [0.4, 0.5) is 5.69 Å². The van der Waals surface area contributed by atoms with Crippen LogP contribution in [-0.2, 0) is 16.6 Å². The fraction of sp³-hybridized carbons (Fsp3) is 0.348. The molecule has 154 valence electrons. The van der Waals surface area contributed by atoms with E-state index in [9.17, 15) is 13.7 Å². The van der Waals surface area contributed by atoms with Gasteiger partial charge in [-0.2, -0.15) is 5.26 Å². The summed E-state index contributed by atoms with van der Waals surface area (Å²) in [6, 6.07) is 15.8. The van der Waals surface area contributed by atoms with E-state index in [2.05, 4.69) is 17.6 Å². The van der Waals surface area contributed by atoms with E-state index in [1.165, 1.54) is 4.31 Å². The maximum Gasteiger partial charge on any atom is 0.235 e. The van der Waals surface area contributed by atoms with Crippen LogP contribution in [0.5, 0.6) is 5.75 Å². The Bertz CT molecular complexity index is 1270. The molecule has 1 saturated heterocycles. The van der Waals surface area contributed by atoms with Crippen LogP contribution in [0.1, 0.15) is 31.7 Å². The topological polar surface area (TPSA) is 75.3 Å². The van der Waals surface area contributed by atoms with E-state index in [0.717, 1.165) is 40.8 Å². The van der Waals surface area contributed by atoms with E-state index in [-0.39, 0.29) is 5.75 Å². The number of hydrogen-bond acceptors (Lipinski definition) is 4. The van der Waals surface area contributed by atoms with Gasteiger partial charge in [-0.05, 0) is 56.0 Å². The highest BCUT2D eigenvalue weighted by Gasteiger charge is 2.29. The van der Waals surface area contributed by atoms with E-state index >= 15 is 0 Å². The maximum atomic E-state index is 12.2.